The third kappa shape index (κ3) is 3.40. The van der Waals surface area contributed by atoms with Crippen LogP contribution in [0.4, 0.5) is 5.69 Å². The summed E-state index contributed by atoms with van der Waals surface area (Å²) in [5, 5.41) is 12.3. The summed E-state index contributed by atoms with van der Waals surface area (Å²) in [6.07, 6.45) is 0. The highest BCUT2D eigenvalue weighted by molar-refractivity contribution is 5.61. The van der Waals surface area contributed by atoms with Gasteiger partial charge < -0.3 is 10.1 Å². The van der Waals surface area contributed by atoms with Gasteiger partial charge in [-0.2, -0.15) is 5.26 Å². The lowest BCUT2D eigenvalue weighted by molar-refractivity contribution is 0.415. The molecule has 0 radical (unpaired) electrons. The molecule has 0 aliphatic heterocycles. The van der Waals surface area contributed by atoms with Crippen molar-refractivity contribution in [3.05, 3.63) is 23.8 Å². The zero-order chi connectivity index (χ0) is 14.0. The van der Waals surface area contributed by atoms with Crippen molar-refractivity contribution >= 4 is 5.69 Å². The predicted octanol–water partition coefficient (Wildman–Crippen LogP) is 3.71. The first-order chi connectivity index (χ1) is 8.19. The second-order valence-electron chi connectivity index (χ2n) is 6.03. The molecule has 0 aliphatic rings. The number of rotatable bonds is 3. The van der Waals surface area contributed by atoms with E-state index in [2.05, 4.69) is 44.3 Å². The first-order valence-corrected chi connectivity index (χ1v) is 6.07. The normalized spacial score (nSPS) is 11.8. The Balaban J connectivity index is 3.20. The Kier molecular flexibility index (Phi) is 3.91. The lowest BCUT2D eigenvalue weighted by atomic mass is 9.86. The lowest BCUT2D eigenvalue weighted by Crippen LogP contribution is -2.29. The fraction of sp³-hybridized carbons (Fsp3) is 0.533. The minimum atomic E-state index is -0.621. The third-order valence-electron chi connectivity index (χ3n) is 2.79. The van der Waals surface area contributed by atoms with Crippen molar-refractivity contribution in [2.24, 2.45) is 0 Å². The Morgan fingerprint density at radius 1 is 1.17 bits per heavy atom. The molecule has 0 bridgehead atoms. The number of benzene rings is 1. The van der Waals surface area contributed by atoms with Gasteiger partial charge in [0.2, 0.25) is 0 Å². The van der Waals surface area contributed by atoms with Gasteiger partial charge in [0.1, 0.15) is 11.3 Å². The number of ether oxygens (including phenoxy) is 1. The molecule has 0 fully saturated rings. The van der Waals surface area contributed by atoms with E-state index in [1.165, 1.54) is 5.56 Å². The molecule has 3 nitrogen and oxygen atoms in total. The summed E-state index contributed by atoms with van der Waals surface area (Å²) >= 11 is 0. The van der Waals surface area contributed by atoms with Gasteiger partial charge in [-0.1, -0.05) is 26.8 Å². The monoisotopic (exact) mass is 246 g/mol. The van der Waals surface area contributed by atoms with E-state index in [-0.39, 0.29) is 5.41 Å². The molecular weight excluding hydrogens is 224 g/mol. The Bertz CT molecular complexity index is 464. The van der Waals surface area contributed by atoms with Crippen LogP contribution >= 0.6 is 0 Å². The maximum Gasteiger partial charge on any atom is 0.142 e. The van der Waals surface area contributed by atoms with Crippen LogP contribution in [0.15, 0.2) is 18.2 Å². The molecule has 1 aromatic rings. The van der Waals surface area contributed by atoms with Crippen LogP contribution in [-0.2, 0) is 5.41 Å². The van der Waals surface area contributed by atoms with Crippen LogP contribution in [-0.4, -0.2) is 12.6 Å². The van der Waals surface area contributed by atoms with Crippen molar-refractivity contribution in [3.8, 4) is 11.8 Å². The van der Waals surface area contributed by atoms with E-state index < -0.39 is 5.54 Å². The van der Waals surface area contributed by atoms with Crippen molar-refractivity contribution < 1.29 is 4.74 Å². The Morgan fingerprint density at radius 2 is 1.78 bits per heavy atom. The number of anilines is 1. The summed E-state index contributed by atoms with van der Waals surface area (Å²) in [6, 6.07) is 8.29. The molecule has 1 N–H and O–H groups in total. The highest BCUT2D eigenvalue weighted by Crippen LogP contribution is 2.32. The van der Waals surface area contributed by atoms with Crippen molar-refractivity contribution in [1.29, 1.82) is 5.26 Å². The Hall–Kier alpha value is -1.69. The maximum atomic E-state index is 9.09. The van der Waals surface area contributed by atoms with Crippen molar-refractivity contribution in [2.75, 3.05) is 12.4 Å². The molecule has 18 heavy (non-hydrogen) atoms. The highest BCUT2D eigenvalue weighted by atomic mass is 16.5. The van der Waals surface area contributed by atoms with Crippen LogP contribution in [0.2, 0.25) is 0 Å². The summed E-state index contributed by atoms with van der Waals surface area (Å²) in [5.41, 5.74) is 1.51. The van der Waals surface area contributed by atoms with E-state index in [0.717, 1.165) is 11.4 Å². The van der Waals surface area contributed by atoms with E-state index >= 15 is 0 Å². The maximum absolute atomic E-state index is 9.09. The molecule has 0 spiro atoms. The molecule has 0 amide bonds. The number of methoxy groups -OCH3 is 1. The zero-order valence-electron chi connectivity index (χ0n) is 12.1. The van der Waals surface area contributed by atoms with Gasteiger partial charge in [0, 0.05) is 0 Å². The Morgan fingerprint density at radius 3 is 2.22 bits per heavy atom. The van der Waals surface area contributed by atoms with Gasteiger partial charge in [-0.05, 0) is 37.0 Å². The zero-order valence-corrected chi connectivity index (χ0v) is 12.1. The highest BCUT2D eigenvalue weighted by Gasteiger charge is 2.21. The van der Waals surface area contributed by atoms with Crippen LogP contribution in [0.3, 0.4) is 0 Å². The van der Waals surface area contributed by atoms with E-state index in [9.17, 15) is 0 Å². The second-order valence-corrected chi connectivity index (χ2v) is 6.03. The molecule has 0 aliphatic carbocycles. The molecule has 0 aromatic heterocycles. The van der Waals surface area contributed by atoms with Crippen molar-refractivity contribution in [3.63, 3.8) is 0 Å². The van der Waals surface area contributed by atoms with E-state index in [1.807, 2.05) is 19.9 Å². The fourth-order valence-electron chi connectivity index (χ4n) is 1.64. The fourth-order valence-corrected chi connectivity index (χ4v) is 1.64. The third-order valence-corrected chi connectivity index (χ3v) is 2.79. The number of nitrogens with zero attached hydrogens (tertiary/aromatic N) is 1. The molecule has 1 rings (SSSR count). The number of nitriles is 1. The molecule has 1 aromatic carbocycles. The van der Waals surface area contributed by atoms with Gasteiger partial charge in [0.05, 0.1) is 18.9 Å². The Labute approximate surface area is 110 Å². The van der Waals surface area contributed by atoms with Gasteiger partial charge in [-0.3, -0.25) is 0 Å². The summed E-state index contributed by atoms with van der Waals surface area (Å²) in [7, 11) is 1.64. The summed E-state index contributed by atoms with van der Waals surface area (Å²) in [4.78, 5) is 0. The first kappa shape index (κ1) is 14.4. The van der Waals surface area contributed by atoms with Gasteiger partial charge >= 0.3 is 0 Å². The first-order valence-electron chi connectivity index (χ1n) is 6.07. The van der Waals surface area contributed by atoms with Crippen LogP contribution in [0.5, 0.6) is 5.75 Å². The summed E-state index contributed by atoms with van der Waals surface area (Å²) in [5.74, 6) is 0.756. The summed E-state index contributed by atoms with van der Waals surface area (Å²) in [6.45, 7) is 10.2. The minimum Gasteiger partial charge on any atom is -0.495 e. The van der Waals surface area contributed by atoms with Crippen LogP contribution in [0.25, 0.3) is 0 Å². The van der Waals surface area contributed by atoms with Gasteiger partial charge in [-0.15, -0.1) is 0 Å². The number of nitrogens with one attached hydrogen (secondary N) is 1. The minimum absolute atomic E-state index is 0.0689. The predicted molar refractivity (Wildman–Crippen MR) is 75.0 cm³/mol. The molecular formula is C15H22N2O. The van der Waals surface area contributed by atoms with Gasteiger partial charge in [0.15, 0.2) is 0 Å². The largest absolute Gasteiger partial charge is 0.495 e. The average molecular weight is 246 g/mol. The van der Waals surface area contributed by atoms with Crippen LogP contribution < -0.4 is 10.1 Å². The average Bonchev–Trinajstić information content (AvgIpc) is 2.27. The van der Waals surface area contributed by atoms with Crippen LogP contribution in [0, 0.1) is 11.3 Å². The molecule has 0 saturated heterocycles. The molecule has 0 heterocycles. The molecule has 98 valence electrons. The van der Waals surface area contributed by atoms with E-state index in [0.29, 0.717) is 0 Å². The summed E-state index contributed by atoms with van der Waals surface area (Å²) < 4.78 is 5.33. The van der Waals surface area contributed by atoms with Crippen molar-refractivity contribution in [1.82, 2.24) is 0 Å². The van der Waals surface area contributed by atoms with Crippen LogP contribution in [0.1, 0.15) is 40.2 Å². The van der Waals surface area contributed by atoms with E-state index in [4.69, 9.17) is 10.00 Å². The second kappa shape index (κ2) is 4.89. The molecule has 0 saturated carbocycles. The lowest BCUT2D eigenvalue weighted by Gasteiger charge is -2.25. The van der Waals surface area contributed by atoms with E-state index in [1.54, 1.807) is 7.11 Å². The smallest absolute Gasteiger partial charge is 0.142 e. The quantitative estimate of drug-likeness (QED) is 0.884. The molecule has 0 unspecified atom stereocenters. The topological polar surface area (TPSA) is 45.0 Å². The van der Waals surface area contributed by atoms with Gasteiger partial charge in [-0.25, -0.2) is 0 Å². The van der Waals surface area contributed by atoms with Gasteiger partial charge in [0.25, 0.3) is 0 Å². The van der Waals surface area contributed by atoms with Crippen molar-refractivity contribution in [2.45, 2.75) is 45.6 Å². The molecule has 0 atom stereocenters. The standard InChI is InChI=1S/C15H22N2O/c1-14(2,3)11-7-8-13(18-6)12(9-11)17-15(4,5)10-16/h7-9,17H,1-6H3. The number of hydrogen-bond donors (Lipinski definition) is 1. The SMILES string of the molecule is COc1ccc(C(C)(C)C)cc1NC(C)(C)C#N. The molecule has 3 heteroatoms. The number of hydrogen-bond acceptors (Lipinski definition) is 3.